The van der Waals surface area contributed by atoms with E-state index in [1.807, 2.05) is 0 Å². The second kappa shape index (κ2) is 8.04. The number of benzene rings is 2. The molecule has 0 saturated heterocycles. The third-order valence-corrected chi connectivity index (χ3v) is 4.71. The zero-order valence-corrected chi connectivity index (χ0v) is 17.0. The van der Waals surface area contributed by atoms with Gasteiger partial charge in [0, 0.05) is 5.56 Å². The molecule has 4 nitrogen and oxygen atoms in total. The standard InChI is InChI=1S/C14H15O4PS2.Na/c1-9-11(15)5-3-7-13(9)17-19(20,21)18-14-8-4-6-12(16)10(14)2;/h3-8,15-16H,1-2H3,(H,20,21);/q;+1/p-1. The molecule has 0 amide bonds. The van der Waals surface area contributed by atoms with E-state index in [9.17, 15) is 10.2 Å². The molecule has 0 aliphatic rings. The third-order valence-electron chi connectivity index (χ3n) is 2.92. The fraction of sp³-hybridized carbons (Fsp3) is 0.143. The first-order valence-electron chi connectivity index (χ1n) is 6.07. The maximum atomic E-state index is 11.6. The number of phenolic OH excluding ortho intramolecular Hbond substituents is 1. The predicted octanol–water partition coefficient (Wildman–Crippen LogP) is 0.699. The van der Waals surface area contributed by atoms with Crippen LogP contribution in [0, 0.1) is 13.8 Å². The minimum atomic E-state index is -2.95. The molecule has 0 saturated carbocycles. The van der Waals surface area contributed by atoms with Crippen molar-refractivity contribution in [2.45, 2.75) is 13.8 Å². The fourth-order valence-corrected chi connectivity index (χ4v) is 3.60. The van der Waals surface area contributed by atoms with E-state index < -0.39 is 6.12 Å². The molecule has 2 rings (SSSR count). The summed E-state index contributed by atoms with van der Waals surface area (Å²) in [5.41, 5.74) is 1.01. The Morgan fingerprint density at radius 2 is 1.55 bits per heavy atom. The minimum absolute atomic E-state index is 0. The zero-order valence-electron chi connectivity index (χ0n) is 12.4. The Hall–Kier alpha value is -0.230. The topological polar surface area (TPSA) is 61.8 Å². The molecule has 0 radical (unpaired) electrons. The summed E-state index contributed by atoms with van der Waals surface area (Å²) in [7, 11) is 0. The molecular formula is C14H14NaO4PS2. The molecule has 1 N–H and O–H groups in total. The Balaban J connectivity index is 0.00000242. The molecule has 0 heterocycles. The van der Waals surface area contributed by atoms with Gasteiger partial charge in [-0.2, -0.15) is 0 Å². The predicted molar refractivity (Wildman–Crippen MR) is 88.0 cm³/mol. The van der Waals surface area contributed by atoms with Gasteiger partial charge in [-0.15, -0.1) is 5.75 Å². The Bertz CT molecular complexity index is 612. The van der Waals surface area contributed by atoms with E-state index >= 15 is 0 Å². The van der Waals surface area contributed by atoms with Crippen LogP contribution in [0.3, 0.4) is 0 Å². The first kappa shape index (κ1) is 19.8. The molecular weight excluding hydrogens is 350 g/mol. The molecule has 1 atom stereocenters. The van der Waals surface area contributed by atoms with Crippen molar-refractivity contribution in [1.82, 2.24) is 0 Å². The van der Waals surface area contributed by atoms with Gasteiger partial charge >= 0.3 is 35.7 Å². The van der Waals surface area contributed by atoms with Crippen molar-refractivity contribution in [3.8, 4) is 23.0 Å². The average molecular weight is 364 g/mol. The van der Waals surface area contributed by atoms with E-state index in [-0.39, 0.29) is 41.1 Å². The van der Waals surface area contributed by atoms with Gasteiger partial charge in [-0.1, -0.05) is 18.2 Å². The monoisotopic (exact) mass is 364 g/mol. The van der Waals surface area contributed by atoms with Crippen LogP contribution in [0.25, 0.3) is 0 Å². The summed E-state index contributed by atoms with van der Waals surface area (Å²) in [6.45, 7) is 3.36. The molecule has 2 aromatic carbocycles. The van der Waals surface area contributed by atoms with Crippen LogP contribution in [0.4, 0.5) is 0 Å². The van der Waals surface area contributed by atoms with E-state index in [0.717, 1.165) is 0 Å². The largest absolute Gasteiger partial charge is 1.00 e. The van der Waals surface area contributed by atoms with Gasteiger partial charge in [0.15, 0.2) is 11.5 Å². The third kappa shape index (κ3) is 4.88. The van der Waals surface area contributed by atoms with Crippen molar-refractivity contribution in [1.29, 1.82) is 0 Å². The van der Waals surface area contributed by atoms with Gasteiger partial charge in [0.25, 0.3) is 0 Å². The van der Waals surface area contributed by atoms with Crippen molar-refractivity contribution in [3.05, 3.63) is 47.5 Å². The summed E-state index contributed by atoms with van der Waals surface area (Å²) in [5, 5.41) is 21.2. The second-order valence-corrected chi connectivity index (χ2v) is 9.57. The fourth-order valence-electron chi connectivity index (χ4n) is 1.66. The summed E-state index contributed by atoms with van der Waals surface area (Å²) in [6.07, 6.45) is -2.95. The van der Waals surface area contributed by atoms with Gasteiger partial charge in [0.1, 0.15) is 5.75 Å². The molecule has 8 heteroatoms. The smallest absolute Gasteiger partial charge is 0.872 e. The van der Waals surface area contributed by atoms with Crippen LogP contribution < -0.4 is 43.7 Å². The van der Waals surface area contributed by atoms with Crippen molar-refractivity contribution in [2.24, 2.45) is 0 Å². The van der Waals surface area contributed by atoms with Gasteiger partial charge < -0.3 is 31.5 Å². The SMILES string of the molecule is Cc1c([O-])cccc1O[P+]([S-])(S)Oc1cccc(O)c1C.[Na+]. The summed E-state index contributed by atoms with van der Waals surface area (Å²) in [5.74, 6) is 0.737. The van der Waals surface area contributed by atoms with Gasteiger partial charge in [-0.3, -0.25) is 0 Å². The average Bonchev–Trinajstić information content (AvgIpc) is 2.40. The Morgan fingerprint density at radius 1 is 1.05 bits per heavy atom. The normalized spacial score (nSPS) is 12.9. The van der Waals surface area contributed by atoms with Gasteiger partial charge in [-0.25, -0.2) is 0 Å². The molecule has 22 heavy (non-hydrogen) atoms. The number of thiol groups is 1. The maximum absolute atomic E-state index is 11.6. The van der Waals surface area contributed by atoms with Crippen molar-refractivity contribution in [2.75, 3.05) is 0 Å². The number of hydrogen-bond acceptors (Lipinski definition) is 6. The molecule has 112 valence electrons. The van der Waals surface area contributed by atoms with Crippen molar-refractivity contribution in [3.63, 3.8) is 0 Å². The second-order valence-electron chi connectivity index (χ2n) is 4.43. The molecule has 0 spiro atoms. The van der Waals surface area contributed by atoms with Crippen LogP contribution in [-0.2, 0) is 12.2 Å². The van der Waals surface area contributed by atoms with Crippen LogP contribution >= 0.6 is 18.4 Å². The van der Waals surface area contributed by atoms with E-state index in [1.54, 1.807) is 44.2 Å². The summed E-state index contributed by atoms with van der Waals surface area (Å²) < 4.78 is 11.2. The molecule has 2 aromatic rings. The summed E-state index contributed by atoms with van der Waals surface area (Å²) >= 11 is 9.53. The van der Waals surface area contributed by atoms with E-state index in [0.29, 0.717) is 22.6 Å². The molecule has 0 fully saturated rings. The van der Waals surface area contributed by atoms with Crippen LogP contribution in [0.2, 0.25) is 0 Å². The van der Waals surface area contributed by atoms with Crippen LogP contribution in [-0.4, -0.2) is 5.11 Å². The Labute approximate surface area is 163 Å². The quantitative estimate of drug-likeness (QED) is 0.362. The van der Waals surface area contributed by atoms with Crippen molar-refractivity contribution < 1.29 is 48.8 Å². The molecule has 1 unspecified atom stereocenters. The van der Waals surface area contributed by atoms with Crippen LogP contribution in [0.1, 0.15) is 11.1 Å². The number of hydrogen-bond donors (Lipinski definition) is 2. The number of rotatable bonds is 4. The molecule has 0 aliphatic heterocycles. The summed E-state index contributed by atoms with van der Waals surface area (Å²) in [6, 6.07) is 9.55. The summed E-state index contributed by atoms with van der Waals surface area (Å²) in [4.78, 5) is 0. The van der Waals surface area contributed by atoms with Gasteiger partial charge in [0.2, 0.25) is 0 Å². The zero-order chi connectivity index (χ0) is 15.6. The van der Waals surface area contributed by atoms with Gasteiger partial charge in [0.05, 0.1) is 12.2 Å². The van der Waals surface area contributed by atoms with E-state index in [1.165, 1.54) is 6.07 Å². The molecule has 0 aliphatic carbocycles. The van der Waals surface area contributed by atoms with Gasteiger partial charge in [-0.05, 0) is 37.6 Å². The Morgan fingerprint density at radius 3 is 2.14 bits per heavy atom. The van der Waals surface area contributed by atoms with Crippen molar-refractivity contribution >= 4 is 30.6 Å². The maximum Gasteiger partial charge on any atom is 1.00 e. The first-order valence-corrected chi connectivity index (χ1v) is 9.86. The molecule has 0 aromatic heterocycles. The first-order chi connectivity index (χ1) is 9.80. The number of aromatic hydroxyl groups is 1. The number of phenols is 1. The minimum Gasteiger partial charge on any atom is -0.872 e. The van der Waals surface area contributed by atoms with E-state index in [2.05, 4.69) is 12.2 Å². The van der Waals surface area contributed by atoms with Crippen LogP contribution in [0.5, 0.6) is 23.0 Å². The van der Waals surface area contributed by atoms with Crippen LogP contribution in [0.15, 0.2) is 36.4 Å². The Kier molecular flexibility index (Phi) is 7.24. The van der Waals surface area contributed by atoms with E-state index in [4.69, 9.17) is 21.3 Å². The molecule has 0 bridgehead atoms.